The van der Waals surface area contributed by atoms with E-state index in [4.69, 9.17) is 0 Å². The summed E-state index contributed by atoms with van der Waals surface area (Å²) in [6.07, 6.45) is 2.13. The van der Waals surface area contributed by atoms with Crippen molar-refractivity contribution in [3.8, 4) is 0 Å². The summed E-state index contributed by atoms with van der Waals surface area (Å²) in [5.41, 5.74) is 1.43. The Hall–Kier alpha value is -2.08. The molecule has 1 aliphatic heterocycles. The monoisotopic (exact) mass is 301 g/mol. The Morgan fingerprint density at radius 2 is 2.00 bits per heavy atom. The van der Waals surface area contributed by atoms with Crippen molar-refractivity contribution in [3.05, 3.63) is 51.8 Å². The molecule has 1 amide bonds. The van der Waals surface area contributed by atoms with Crippen molar-refractivity contribution >= 4 is 23.5 Å². The van der Waals surface area contributed by atoms with Crippen molar-refractivity contribution in [1.29, 1.82) is 0 Å². The van der Waals surface area contributed by atoms with Crippen LogP contribution in [-0.4, -0.2) is 21.7 Å². The van der Waals surface area contributed by atoms with Crippen LogP contribution < -0.4 is 10.9 Å². The number of rotatable bonds is 2. The maximum Gasteiger partial charge on any atom is 0.259 e. The normalized spacial score (nSPS) is 17.2. The second kappa shape index (κ2) is 5.37. The Kier molecular flexibility index (Phi) is 3.55. The van der Waals surface area contributed by atoms with Crippen LogP contribution in [0.1, 0.15) is 23.5 Å². The van der Waals surface area contributed by atoms with Gasteiger partial charge in [-0.05, 0) is 11.8 Å². The molecule has 2 heterocycles. The number of thioether (sulfide) groups is 1. The molecule has 1 aromatic heterocycles. The largest absolute Gasteiger partial charge is 0.310 e. The number of nitrogens with one attached hydrogen (secondary N) is 1. The number of carbonyl (C=O) groups is 1. The van der Waals surface area contributed by atoms with Gasteiger partial charge in [-0.3, -0.25) is 14.2 Å². The molecule has 3 rings (SSSR count). The Bertz CT molecular complexity index is 756. The number of anilines is 1. The van der Waals surface area contributed by atoms with Crippen molar-refractivity contribution in [3.63, 3.8) is 0 Å². The molecule has 6 heteroatoms. The third-order valence-corrected chi connectivity index (χ3v) is 4.40. The Morgan fingerprint density at radius 1 is 1.29 bits per heavy atom. The number of aromatic nitrogens is 2. The van der Waals surface area contributed by atoms with Crippen LogP contribution in [0.2, 0.25) is 0 Å². The lowest BCUT2D eigenvalue weighted by Gasteiger charge is -2.25. The van der Waals surface area contributed by atoms with E-state index in [0.29, 0.717) is 16.5 Å². The van der Waals surface area contributed by atoms with Gasteiger partial charge in [0, 0.05) is 19.4 Å². The van der Waals surface area contributed by atoms with Gasteiger partial charge in [0.15, 0.2) is 5.16 Å². The molecule has 2 aromatic rings. The zero-order chi connectivity index (χ0) is 15.0. The summed E-state index contributed by atoms with van der Waals surface area (Å²) in [4.78, 5) is 29.0. The number of hydrogen-bond donors (Lipinski definition) is 1. The molecule has 1 unspecified atom stereocenters. The summed E-state index contributed by atoms with van der Waals surface area (Å²) >= 11 is 1.38. The lowest BCUT2D eigenvalue weighted by Crippen LogP contribution is -2.34. The average molecular weight is 301 g/mol. The zero-order valence-electron chi connectivity index (χ0n) is 11.8. The number of benzene rings is 1. The van der Waals surface area contributed by atoms with Gasteiger partial charge in [0.1, 0.15) is 5.82 Å². The van der Waals surface area contributed by atoms with Crippen LogP contribution in [0.5, 0.6) is 0 Å². The van der Waals surface area contributed by atoms with Crippen LogP contribution in [0.3, 0.4) is 0 Å². The Morgan fingerprint density at radius 3 is 2.67 bits per heavy atom. The van der Waals surface area contributed by atoms with Crippen molar-refractivity contribution in [2.45, 2.75) is 17.5 Å². The van der Waals surface area contributed by atoms with Crippen LogP contribution >= 0.6 is 11.8 Å². The van der Waals surface area contributed by atoms with Gasteiger partial charge < -0.3 is 5.32 Å². The molecular weight excluding hydrogens is 286 g/mol. The molecule has 1 atom stereocenters. The number of fused-ring (bicyclic) bond motifs is 1. The van der Waals surface area contributed by atoms with Crippen molar-refractivity contribution < 1.29 is 4.79 Å². The highest BCUT2D eigenvalue weighted by molar-refractivity contribution is 7.98. The van der Waals surface area contributed by atoms with Gasteiger partial charge >= 0.3 is 0 Å². The minimum absolute atomic E-state index is 0.0989. The predicted octanol–water partition coefficient (Wildman–Crippen LogP) is 1.98. The fraction of sp³-hybridized carbons (Fsp3) is 0.267. The highest BCUT2D eigenvalue weighted by atomic mass is 32.2. The van der Waals surface area contributed by atoms with Gasteiger partial charge in [0.2, 0.25) is 5.91 Å². The smallest absolute Gasteiger partial charge is 0.259 e. The zero-order valence-corrected chi connectivity index (χ0v) is 12.6. The molecule has 1 aromatic carbocycles. The molecular formula is C15H15N3O2S. The first-order valence-electron chi connectivity index (χ1n) is 6.61. The minimum Gasteiger partial charge on any atom is -0.310 e. The molecule has 5 nitrogen and oxygen atoms in total. The summed E-state index contributed by atoms with van der Waals surface area (Å²) in [5.74, 6) is 0.0498. The molecule has 0 saturated heterocycles. The number of hydrogen-bond acceptors (Lipinski definition) is 4. The van der Waals surface area contributed by atoms with Crippen LogP contribution in [-0.2, 0) is 11.8 Å². The van der Waals surface area contributed by atoms with E-state index in [1.165, 1.54) is 16.3 Å². The van der Waals surface area contributed by atoms with E-state index in [-0.39, 0.29) is 23.8 Å². The molecule has 0 fully saturated rings. The minimum atomic E-state index is -0.239. The summed E-state index contributed by atoms with van der Waals surface area (Å²) in [6.45, 7) is 0. The molecule has 108 valence electrons. The lowest BCUT2D eigenvalue weighted by molar-refractivity contribution is -0.116. The molecule has 0 spiro atoms. The summed E-state index contributed by atoms with van der Waals surface area (Å²) in [6, 6.07) is 9.62. The van der Waals surface area contributed by atoms with Crippen LogP contribution in [0.4, 0.5) is 5.82 Å². The average Bonchev–Trinajstić information content (AvgIpc) is 2.50. The first-order chi connectivity index (χ1) is 10.1. The van der Waals surface area contributed by atoms with Crippen LogP contribution in [0, 0.1) is 0 Å². The SMILES string of the molecule is CSc1nc2c(c(=O)n1C)C(c1ccccc1)CC(=O)N2. The fourth-order valence-corrected chi connectivity index (χ4v) is 3.17. The number of carbonyl (C=O) groups excluding carboxylic acids is 1. The predicted molar refractivity (Wildman–Crippen MR) is 82.8 cm³/mol. The van der Waals surface area contributed by atoms with E-state index >= 15 is 0 Å². The molecule has 21 heavy (non-hydrogen) atoms. The van der Waals surface area contributed by atoms with E-state index in [1.54, 1.807) is 7.05 Å². The molecule has 1 N–H and O–H groups in total. The molecule has 0 bridgehead atoms. The molecule has 0 radical (unpaired) electrons. The lowest BCUT2D eigenvalue weighted by atomic mass is 9.87. The quantitative estimate of drug-likeness (QED) is 0.680. The van der Waals surface area contributed by atoms with Crippen molar-refractivity contribution in [2.75, 3.05) is 11.6 Å². The second-order valence-corrected chi connectivity index (χ2v) is 5.71. The summed E-state index contributed by atoms with van der Waals surface area (Å²) < 4.78 is 1.54. The summed E-state index contributed by atoms with van der Waals surface area (Å²) in [7, 11) is 1.71. The van der Waals surface area contributed by atoms with Crippen LogP contribution in [0.15, 0.2) is 40.3 Å². The number of nitrogens with zero attached hydrogens (tertiary/aromatic N) is 2. The van der Waals surface area contributed by atoms with E-state index in [9.17, 15) is 9.59 Å². The van der Waals surface area contributed by atoms with E-state index < -0.39 is 0 Å². The van der Waals surface area contributed by atoms with Crippen molar-refractivity contribution in [1.82, 2.24) is 9.55 Å². The first kappa shape index (κ1) is 13.9. The van der Waals surface area contributed by atoms with Crippen molar-refractivity contribution in [2.24, 2.45) is 7.05 Å². The summed E-state index contributed by atoms with van der Waals surface area (Å²) in [5, 5.41) is 3.32. The maximum atomic E-state index is 12.6. The second-order valence-electron chi connectivity index (χ2n) is 4.94. The van der Waals surface area contributed by atoms with Gasteiger partial charge in [0.25, 0.3) is 5.56 Å². The topological polar surface area (TPSA) is 64.0 Å². The van der Waals surface area contributed by atoms with E-state index in [1.807, 2.05) is 36.6 Å². The van der Waals surface area contributed by atoms with Crippen LogP contribution in [0.25, 0.3) is 0 Å². The third-order valence-electron chi connectivity index (χ3n) is 3.66. The molecule has 0 aliphatic carbocycles. The highest BCUT2D eigenvalue weighted by Gasteiger charge is 2.31. The van der Waals surface area contributed by atoms with Gasteiger partial charge in [-0.15, -0.1) is 0 Å². The maximum absolute atomic E-state index is 12.6. The van der Waals surface area contributed by atoms with E-state index in [2.05, 4.69) is 10.3 Å². The van der Waals surface area contributed by atoms with Gasteiger partial charge in [-0.2, -0.15) is 0 Å². The third kappa shape index (κ3) is 2.35. The van der Waals surface area contributed by atoms with Gasteiger partial charge in [-0.1, -0.05) is 42.1 Å². The first-order valence-corrected chi connectivity index (χ1v) is 7.84. The Balaban J connectivity index is 2.23. The fourth-order valence-electron chi connectivity index (χ4n) is 2.63. The Labute approximate surface area is 126 Å². The highest BCUT2D eigenvalue weighted by Crippen LogP contribution is 2.34. The number of amides is 1. The standard InChI is InChI=1S/C15H15N3O2S/c1-18-14(20)12-10(9-6-4-3-5-7-9)8-11(19)16-13(12)17-15(18)21-2/h3-7,10H,8H2,1-2H3,(H,16,19). The molecule has 1 aliphatic rings. The molecule has 0 saturated carbocycles. The van der Waals surface area contributed by atoms with Gasteiger partial charge in [0.05, 0.1) is 5.56 Å². The van der Waals surface area contributed by atoms with E-state index in [0.717, 1.165) is 5.56 Å². The van der Waals surface area contributed by atoms with Gasteiger partial charge in [-0.25, -0.2) is 4.98 Å².